The van der Waals surface area contributed by atoms with Gasteiger partial charge in [-0.3, -0.25) is 14.5 Å². The quantitative estimate of drug-likeness (QED) is 0.417. The zero-order valence-corrected chi connectivity index (χ0v) is 12.3. The van der Waals surface area contributed by atoms with Crippen LogP contribution in [0.25, 0.3) is 27.7 Å². The average molecular weight is 304 g/mol. The highest BCUT2D eigenvalue weighted by Gasteiger charge is 2.17. The van der Waals surface area contributed by atoms with Crippen LogP contribution in [0.15, 0.2) is 54.9 Å². The topological polar surface area (TPSA) is 73.3 Å². The molecule has 0 aliphatic rings. The van der Waals surface area contributed by atoms with Crippen molar-refractivity contribution in [1.29, 1.82) is 0 Å². The molecular weight excluding hydrogens is 292 g/mol. The number of nitro benzene ring substituents is 1. The van der Waals surface area contributed by atoms with Crippen LogP contribution in [0.2, 0.25) is 0 Å². The summed E-state index contributed by atoms with van der Waals surface area (Å²) < 4.78 is 1.87. The van der Waals surface area contributed by atoms with Crippen molar-refractivity contribution in [1.82, 2.24) is 14.6 Å². The van der Waals surface area contributed by atoms with Crippen molar-refractivity contribution in [2.24, 2.45) is 0 Å². The zero-order valence-electron chi connectivity index (χ0n) is 12.3. The van der Waals surface area contributed by atoms with Crippen molar-refractivity contribution in [3.63, 3.8) is 0 Å². The van der Waals surface area contributed by atoms with Gasteiger partial charge in [0.1, 0.15) is 6.33 Å². The minimum absolute atomic E-state index is 0.0760. The monoisotopic (exact) mass is 304 g/mol. The van der Waals surface area contributed by atoms with Gasteiger partial charge in [0.25, 0.3) is 5.69 Å². The minimum Gasteiger partial charge on any atom is -0.281 e. The molecule has 6 nitrogen and oxygen atoms in total. The fourth-order valence-corrected chi connectivity index (χ4v) is 2.98. The number of nitro groups is 1. The van der Waals surface area contributed by atoms with Crippen molar-refractivity contribution < 1.29 is 4.92 Å². The molecule has 2 heterocycles. The number of aromatic nitrogens is 3. The van der Waals surface area contributed by atoms with Gasteiger partial charge >= 0.3 is 0 Å². The lowest BCUT2D eigenvalue weighted by atomic mass is 9.98. The molecule has 0 saturated carbocycles. The lowest BCUT2D eigenvalue weighted by Crippen LogP contribution is -1.97. The largest absolute Gasteiger partial charge is 0.281 e. The molecule has 0 amide bonds. The number of nitrogens with zero attached hydrogens (tertiary/aromatic N) is 4. The Morgan fingerprint density at radius 3 is 2.65 bits per heavy atom. The second-order valence-electron chi connectivity index (χ2n) is 5.35. The summed E-state index contributed by atoms with van der Waals surface area (Å²) in [7, 11) is 0. The summed E-state index contributed by atoms with van der Waals surface area (Å²) in [5.74, 6) is 0. The number of pyridine rings is 1. The van der Waals surface area contributed by atoms with Crippen LogP contribution in [0, 0.1) is 17.0 Å². The SMILES string of the molecule is Cc1c(-c2ccccc2)c2nncn2c2ccc([N+](=O)[O-])cc12. The Morgan fingerprint density at radius 1 is 1.13 bits per heavy atom. The van der Waals surface area contributed by atoms with Gasteiger partial charge in [-0.25, -0.2) is 0 Å². The molecule has 0 unspecified atom stereocenters. The highest BCUT2D eigenvalue weighted by Crippen LogP contribution is 2.34. The number of non-ortho nitro benzene ring substituents is 1. The van der Waals surface area contributed by atoms with E-state index in [0.717, 1.165) is 33.2 Å². The number of hydrogen-bond donors (Lipinski definition) is 0. The zero-order chi connectivity index (χ0) is 16.0. The van der Waals surface area contributed by atoms with Gasteiger partial charge in [-0.05, 0) is 24.1 Å². The Morgan fingerprint density at radius 2 is 1.91 bits per heavy atom. The summed E-state index contributed by atoms with van der Waals surface area (Å²) in [5.41, 5.74) is 4.58. The van der Waals surface area contributed by atoms with E-state index in [9.17, 15) is 10.1 Å². The molecule has 6 heteroatoms. The normalized spacial score (nSPS) is 11.2. The molecule has 0 fully saturated rings. The van der Waals surface area contributed by atoms with Crippen molar-refractivity contribution in [3.8, 4) is 11.1 Å². The predicted octanol–water partition coefficient (Wildman–Crippen LogP) is 3.77. The molecule has 0 saturated heterocycles. The molecule has 2 aromatic carbocycles. The molecule has 0 radical (unpaired) electrons. The van der Waals surface area contributed by atoms with Gasteiger partial charge in [0.15, 0.2) is 5.65 Å². The Bertz CT molecular complexity index is 1050. The van der Waals surface area contributed by atoms with Crippen LogP contribution in [0.5, 0.6) is 0 Å². The van der Waals surface area contributed by atoms with Crippen LogP contribution >= 0.6 is 0 Å². The third kappa shape index (κ3) is 1.96. The third-order valence-corrected chi connectivity index (χ3v) is 4.06. The van der Waals surface area contributed by atoms with Gasteiger partial charge in [0, 0.05) is 23.1 Å². The summed E-state index contributed by atoms with van der Waals surface area (Å²) in [6, 6.07) is 14.7. The molecule has 0 N–H and O–H groups in total. The van der Waals surface area contributed by atoms with E-state index in [1.165, 1.54) is 6.07 Å². The highest BCUT2D eigenvalue weighted by atomic mass is 16.6. The van der Waals surface area contributed by atoms with Crippen molar-refractivity contribution in [2.45, 2.75) is 6.92 Å². The van der Waals surface area contributed by atoms with Gasteiger partial charge in [-0.2, -0.15) is 0 Å². The van der Waals surface area contributed by atoms with Crippen molar-refractivity contribution >= 4 is 22.2 Å². The first-order chi connectivity index (χ1) is 11.2. The molecular formula is C17H12N4O2. The van der Waals surface area contributed by atoms with Crippen LogP contribution in [0.3, 0.4) is 0 Å². The van der Waals surface area contributed by atoms with E-state index in [0.29, 0.717) is 0 Å². The molecule has 0 atom stereocenters. The molecule has 0 bridgehead atoms. The lowest BCUT2D eigenvalue weighted by Gasteiger charge is -2.12. The van der Waals surface area contributed by atoms with Gasteiger partial charge in [0.05, 0.1) is 10.4 Å². The van der Waals surface area contributed by atoms with Crippen LogP contribution in [-0.4, -0.2) is 19.5 Å². The fourth-order valence-electron chi connectivity index (χ4n) is 2.98. The third-order valence-electron chi connectivity index (χ3n) is 4.06. The van der Waals surface area contributed by atoms with E-state index in [1.807, 2.05) is 41.7 Å². The molecule has 0 aliphatic heterocycles. The van der Waals surface area contributed by atoms with Crippen LogP contribution < -0.4 is 0 Å². The average Bonchev–Trinajstić information content (AvgIpc) is 3.05. The van der Waals surface area contributed by atoms with E-state index >= 15 is 0 Å². The summed E-state index contributed by atoms with van der Waals surface area (Å²) in [5, 5.41) is 20.2. The Hall–Kier alpha value is -3.28. The second-order valence-corrected chi connectivity index (χ2v) is 5.35. The van der Waals surface area contributed by atoms with Gasteiger partial charge in [-0.15, -0.1) is 10.2 Å². The lowest BCUT2D eigenvalue weighted by molar-refractivity contribution is -0.384. The van der Waals surface area contributed by atoms with Gasteiger partial charge in [-0.1, -0.05) is 30.3 Å². The number of hydrogen-bond acceptors (Lipinski definition) is 4. The number of rotatable bonds is 2. The van der Waals surface area contributed by atoms with Crippen LogP contribution in [0.1, 0.15) is 5.56 Å². The molecule has 4 rings (SSSR count). The number of fused-ring (bicyclic) bond motifs is 3. The van der Waals surface area contributed by atoms with Crippen LogP contribution in [0.4, 0.5) is 5.69 Å². The number of aryl methyl sites for hydroxylation is 1. The minimum atomic E-state index is -0.378. The Kier molecular flexibility index (Phi) is 2.84. The van der Waals surface area contributed by atoms with E-state index in [4.69, 9.17) is 0 Å². The first-order valence-corrected chi connectivity index (χ1v) is 7.12. The number of benzene rings is 2. The fraction of sp³-hybridized carbons (Fsp3) is 0.0588. The molecule has 23 heavy (non-hydrogen) atoms. The molecule has 0 spiro atoms. The summed E-state index contributed by atoms with van der Waals surface area (Å²) in [4.78, 5) is 10.7. The first kappa shape index (κ1) is 13.4. The first-order valence-electron chi connectivity index (χ1n) is 7.12. The smallest absolute Gasteiger partial charge is 0.270 e. The van der Waals surface area contributed by atoms with Gasteiger partial charge < -0.3 is 0 Å². The van der Waals surface area contributed by atoms with E-state index in [1.54, 1.807) is 18.5 Å². The maximum atomic E-state index is 11.1. The predicted molar refractivity (Wildman–Crippen MR) is 87.3 cm³/mol. The highest BCUT2D eigenvalue weighted by molar-refractivity contribution is 5.96. The Balaban J connectivity index is 2.18. The van der Waals surface area contributed by atoms with Crippen molar-refractivity contribution in [3.05, 3.63) is 70.5 Å². The molecule has 0 aliphatic carbocycles. The van der Waals surface area contributed by atoms with Crippen molar-refractivity contribution in [2.75, 3.05) is 0 Å². The van der Waals surface area contributed by atoms with E-state index < -0.39 is 0 Å². The molecule has 112 valence electrons. The summed E-state index contributed by atoms with van der Waals surface area (Å²) in [6.45, 7) is 1.96. The van der Waals surface area contributed by atoms with Gasteiger partial charge in [0.2, 0.25) is 0 Å². The maximum absolute atomic E-state index is 11.1. The Labute approximate surface area is 131 Å². The van der Waals surface area contributed by atoms with Crippen LogP contribution in [-0.2, 0) is 0 Å². The summed E-state index contributed by atoms with van der Waals surface area (Å²) >= 11 is 0. The summed E-state index contributed by atoms with van der Waals surface area (Å²) in [6.07, 6.45) is 1.63. The maximum Gasteiger partial charge on any atom is 0.270 e. The standard InChI is InChI=1S/C17H12N4O2/c1-11-14-9-13(21(22)23)7-8-15(14)20-10-18-19-17(20)16(11)12-5-3-2-4-6-12/h2-10H,1H3. The second kappa shape index (κ2) is 4.88. The molecule has 2 aromatic heterocycles. The molecule has 4 aromatic rings. The van der Waals surface area contributed by atoms with E-state index in [2.05, 4.69) is 10.2 Å². The van der Waals surface area contributed by atoms with E-state index in [-0.39, 0.29) is 10.6 Å².